The summed E-state index contributed by atoms with van der Waals surface area (Å²) in [5, 5.41) is 3.49. The van der Waals surface area contributed by atoms with Crippen LogP contribution in [0.3, 0.4) is 0 Å². The molecular weight excluding hydrogens is 304 g/mol. The molecule has 0 heterocycles. The Kier molecular flexibility index (Phi) is 5.95. The van der Waals surface area contributed by atoms with Crippen molar-refractivity contribution in [3.05, 3.63) is 33.3 Å². The van der Waals surface area contributed by atoms with Crippen molar-refractivity contribution < 1.29 is 4.79 Å². The first-order valence-corrected chi connectivity index (χ1v) is 6.56. The Hall–Kier alpha value is -0.580. The molecule has 0 aromatic heterocycles. The molecule has 0 atom stereocenters. The maximum Gasteiger partial charge on any atom is 0.252 e. The largest absolute Gasteiger partial charge is 0.352 e. The van der Waals surface area contributed by atoms with Gasteiger partial charge >= 0.3 is 0 Å². The third kappa shape index (κ3) is 5.06. The zero-order valence-electron chi connectivity index (χ0n) is 9.96. The number of hydrogen-bond donors (Lipinski definition) is 1. The highest BCUT2D eigenvalue weighted by molar-refractivity contribution is 9.10. The van der Waals surface area contributed by atoms with Gasteiger partial charge in [0.05, 0.1) is 5.56 Å². The summed E-state index contributed by atoms with van der Waals surface area (Å²) >= 11 is 9.14. The molecule has 5 heteroatoms. The van der Waals surface area contributed by atoms with Crippen molar-refractivity contribution in [3.8, 4) is 0 Å². The number of amides is 1. The standard InChI is InChI=1S/C12H16BrClN2O/c1-16(2)7-3-6-15-12(17)10-5-4-9(14)8-11(10)13/h4-5,8H,3,6-7H2,1-2H3,(H,15,17). The Bertz CT molecular complexity index is 396. The van der Waals surface area contributed by atoms with E-state index in [9.17, 15) is 4.79 Å². The maximum absolute atomic E-state index is 11.8. The first kappa shape index (κ1) is 14.5. The van der Waals surface area contributed by atoms with Crippen LogP contribution in [0.1, 0.15) is 16.8 Å². The highest BCUT2D eigenvalue weighted by Gasteiger charge is 2.09. The van der Waals surface area contributed by atoms with Gasteiger partial charge in [0, 0.05) is 16.0 Å². The minimum absolute atomic E-state index is 0.0766. The number of benzene rings is 1. The highest BCUT2D eigenvalue weighted by Crippen LogP contribution is 2.21. The molecule has 1 N–H and O–H groups in total. The fraction of sp³-hybridized carbons (Fsp3) is 0.417. The summed E-state index contributed by atoms with van der Waals surface area (Å²) in [5.74, 6) is -0.0766. The van der Waals surface area contributed by atoms with Crippen LogP contribution in [-0.2, 0) is 0 Å². The Morgan fingerprint density at radius 3 is 2.76 bits per heavy atom. The van der Waals surface area contributed by atoms with Gasteiger partial charge in [0.2, 0.25) is 0 Å². The molecule has 1 aromatic carbocycles. The number of halogens is 2. The van der Waals surface area contributed by atoms with Gasteiger partial charge in [0.25, 0.3) is 5.91 Å². The van der Waals surface area contributed by atoms with E-state index in [2.05, 4.69) is 26.1 Å². The van der Waals surface area contributed by atoms with Gasteiger partial charge in [-0.3, -0.25) is 4.79 Å². The van der Waals surface area contributed by atoms with E-state index in [0.717, 1.165) is 17.4 Å². The van der Waals surface area contributed by atoms with Crippen LogP contribution in [-0.4, -0.2) is 38.0 Å². The lowest BCUT2D eigenvalue weighted by molar-refractivity contribution is 0.0951. The van der Waals surface area contributed by atoms with Crippen molar-refractivity contribution in [1.82, 2.24) is 10.2 Å². The fourth-order valence-electron chi connectivity index (χ4n) is 1.37. The maximum atomic E-state index is 11.8. The second-order valence-electron chi connectivity index (χ2n) is 4.04. The second-order valence-corrected chi connectivity index (χ2v) is 5.33. The second kappa shape index (κ2) is 6.99. The molecule has 1 aromatic rings. The molecule has 0 aliphatic heterocycles. The van der Waals surface area contributed by atoms with Gasteiger partial charge in [-0.15, -0.1) is 0 Å². The van der Waals surface area contributed by atoms with E-state index >= 15 is 0 Å². The third-order valence-corrected chi connectivity index (χ3v) is 3.13. The lowest BCUT2D eigenvalue weighted by Gasteiger charge is -2.10. The number of nitrogens with one attached hydrogen (secondary N) is 1. The number of rotatable bonds is 5. The molecule has 0 radical (unpaired) electrons. The number of nitrogens with zero attached hydrogens (tertiary/aromatic N) is 1. The van der Waals surface area contributed by atoms with Gasteiger partial charge in [-0.25, -0.2) is 0 Å². The van der Waals surface area contributed by atoms with Gasteiger partial charge in [0.15, 0.2) is 0 Å². The van der Waals surface area contributed by atoms with Crippen LogP contribution in [0.2, 0.25) is 5.02 Å². The Balaban J connectivity index is 2.47. The van der Waals surface area contributed by atoms with E-state index < -0.39 is 0 Å². The van der Waals surface area contributed by atoms with Crippen molar-refractivity contribution >= 4 is 33.4 Å². The molecule has 0 spiro atoms. The Labute approximate surface area is 115 Å². The van der Waals surface area contributed by atoms with Crippen molar-refractivity contribution in [3.63, 3.8) is 0 Å². The summed E-state index contributed by atoms with van der Waals surface area (Å²) in [6.07, 6.45) is 0.934. The smallest absolute Gasteiger partial charge is 0.252 e. The fourth-order valence-corrected chi connectivity index (χ4v) is 2.23. The molecule has 3 nitrogen and oxygen atoms in total. The predicted octanol–water partition coefficient (Wildman–Crippen LogP) is 2.78. The summed E-state index contributed by atoms with van der Waals surface area (Å²) in [6, 6.07) is 5.14. The lowest BCUT2D eigenvalue weighted by atomic mass is 10.2. The minimum Gasteiger partial charge on any atom is -0.352 e. The van der Waals surface area contributed by atoms with Gasteiger partial charge in [-0.1, -0.05) is 11.6 Å². The van der Waals surface area contributed by atoms with Crippen LogP contribution in [0.15, 0.2) is 22.7 Å². The van der Waals surface area contributed by atoms with Crippen LogP contribution in [0, 0.1) is 0 Å². The van der Waals surface area contributed by atoms with Gasteiger partial charge < -0.3 is 10.2 Å². The average Bonchev–Trinajstić information content (AvgIpc) is 2.23. The molecule has 94 valence electrons. The zero-order valence-corrected chi connectivity index (χ0v) is 12.3. The van der Waals surface area contributed by atoms with E-state index in [1.165, 1.54) is 0 Å². The summed E-state index contributed by atoms with van der Waals surface area (Å²) in [4.78, 5) is 13.9. The monoisotopic (exact) mass is 318 g/mol. The van der Waals surface area contributed by atoms with E-state index in [4.69, 9.17) is 11.6 Å². The normalized spacial score (nSPS) is 10.6. The molecule has 0 saturated heterocycles. The van der Waals surface area contributed by atoms with Crippen molar-refractivity contribution in [2.24, 2.45) is 0 Å². The third-order valence-electron chi connectivity index (χ3n) is 2.24. The van der Waals surface area contributed by atoms with Gasteiger partial charge in [0.1, 0.15) is 0 Å². The first-order valence-electron chi connectivity index (χ1n) is 5.38. The van der Waals surface area contributed by atoms with E-state index in [1.807, 2.05) is 14.1 Å². The lowest BCUT2D eigenvalue weighted by Crippen LogP contribution is -2.27. The van der Waals surface area contributed by atoms with Crippen LogP contribution >= 0.6 is 27.5 Å². The zero-order chi connectivity index (χ0) is 12.8. The highest BCUT2D eigenvalue weighted by atomic mass is 79.9. The first-order chi connectivity index (χ1) is 8.00. The summed E-state index contributed by atoms with van der Waals surface area (Å²) in [6.45, 7) is 1.63. The Morgan fingerprint density at radius 2 is 2.18 bits per heavy atom. The number of carbonyl (C=O) groups excluding carboxylic acids is 1. The Morgan fingerprint density at radius 1 is 1.47 bits per heavy atom. The molecule has 0 bridgehead atoms. The van der Waals surface area contributed by atoms with Crippen LogP contribution in [0.5, 0.6) is 0 Å². The quantitative estimate of drug-likeness (QED) is 0.847. The average molecular weight is 320 g/mol. The topological polar surface area (TPSA) is 32.3 Å². The van der Waals surface area contributed by atoms with E-state index in [0.29, 0.717) is 17.1 Å². The van der Waals surface area contributed by atoms with Gasteiger partial charge in [-0.2, -0.15) is 0 Å². The van der Waals surface area contributed by atoms with Crippen LogP contribution in [0.4, 0.5) is 0 Å². The van der Waals surface area contributed by atoms with Crippen molar-refractivity contribution in [2.75, 3.05) is 27.2 Å². The van der Waals surface area contributed by atoms with E-state index in [-0.39, 0.29) is 5.91 Å². The van der Waals surface area contributed by atoms with Crippen LogP contribution < -0.4 is 5.32 Å². The SMILES string of the molecule is CN(C)CCCNC(=O)c1ccc(Cl)cc1Br. The molecule has 0 aliphatic carbocycles. The molecule has 0 unspecified atom stereocenters. The van der Waals surface area contributed by atoms with E-state index in [1.54, 1.807) is 18.2 Å². The summed E-state index contributed by atoms with van der Waals surface area (Å²) < 4.78 is 0.718. The molecule has 1 amide bonds. The molecular formula is C12H16BrClN2O. The summed E-state index contributed by atoms with van der Waals surface area (Å²) in [5.41, 5.74) is 0.610. The van der Waals surface area contributed by atoms with Crippen molar-refractivity contribution in [2.45, 2.75) is 6.42 Å². The number of carbonyl (C=O) groups is 1. The molecule has 0 saturated carbocycles. The molecule has 0 fully saturated rings. The molecule has 1 rings (SSSR count). The number of hydrogen-bond acceptors (Lipinski definition) is 2. The van der Waals surface area contributed by atoms with Gasteiger partial charge in [-0.05, 0) is 61.2 Å². The minimum atomic E-state index is -0.0766. The molecule has 17 heavy (non-hydrogen) atoms. The van der Waals surface area contributed by atoms with Crippen molar-refractivity contribution in [1.29, 1.82) is 0 Å². The van der Waals surface area contributed by atoms with Crippen LogP contribution in [0.25, 0.3) is 0 Å². The predicted molar refractivity (Wildman–Crippen MR) is 74.7 cm³/mol. The summed E-state index contributed by atoms with van der Waals surface area (Å²) in [7, 11) is 4.02. The molecule has 0 aliphatic rings.